The molecule has 1 aliphatic heterocycles. The van der Waals surface area contributed by atoms with Gasteiger partial charge in [0.1, 0.15) is 11.3 Å². The monoisotopic (exact) mass is 376 g/mol. The van der Waals surface area contributed by atoms with Gasteiger partial charge in [0.05, 0.1) is 6.04 Å². The zero-order chi connectivity index (χ0) is 19.7. The SMILES string of the molecule is CC(c1cc2ccccc2o1)N(C)C(=O)c1cccc(CN2CCCC2=O)c1. The Kier molecular flexibility index (Phi) is 4.90. The largest absolute Gasteiger partial charge is 0.459 e. The molecular formula is C23H24N2O3. The van der Waals surface area contributed by atoms with Crippen molar-refractivity contribution in [2.24, 2.45) is 0 Å². The van der Waals surface area contributed by atoms with Crippen molar-refractivity contribution in [1.29, 1.82) is 0 Å². The molecule has 4 rings (SSSR count). The van der Waals surface area contributed by atoms with Gasteiger partial charge in [-0.2, -0.15) is 0 Å². The van der Waals surface area contributed by atoms with E-state index in [4.69, 9.17) is 4.42 Å². The van der Waals surface area contributed by atoms with Crippen LogP contribution in [0.2, 0.25) is 0 Å². The van der Waals surface area contributed by atoms with Crippen molar-refractivity contribution in [3.63, 3.8) is 0 Å². The number of likely N-dealkylation sites (tertiary alicyclic amines) is 1. The van der Waals surface area contributed by atoms with Crippen molar-refractivity contribution >= 4 is 22.8 Å². The standard InChI is InChI=1S/C23H24N2O3/c1-16(21-14-18-8-3-4-10-20(18)28-21)24(2)23(27)19-9-5-7-17(13-19)15-25-12-6-11-22(25)26/h3-5,7-10,13-14,16H,6,11-12,15H2,1-2H3. The smallest absolute Gasteiger partial charge is 0.254 e. The normalized spacial score (nSPS) is 15.2. The van der Waals surface area contributed by atoms with E-state index >= 15 is 0 Å². The number of nitrogens with zero attached hydrogens (tertiary/aromatic N) is 2. The van der Waals surface area contributed by atoms with E-state index in [0.717, 1.165) is 35.3 Å². The minimum absolute atomic E-state index is 0.0671. The lowest BCUT2D eigenvalue weighted by molar-refractivity contribution is -0.128. The lowest BCUT2D eigenvalue weighted by Crippen LogP contribution is -2.29. The molecule has 5 nitrogen and oxygen atoms in total. The van der Waals surface area contributed by atoms with Gasteiger partial charge >= 0.3 is 0 Å². The van der Waals surface area contributed by atoms with Gasteiger partial charge in [-0.3, -0.25) is 9.59 Å². The van der Waals surface area contributed by atoms with Crippen LogP contribution in [0.1, 0.15) is 47.5 Å². The molecule has 1 fully saturated rings. The number of benzene rings is 2. The van der Waals surface area contributed by atoms with E-state index in [1.807, 2.05) is 66.4 Å². The van der Waals surface area contributed by atoms with Crippen molar-refractivity contribution < 1.29 is 14.0 Å². The summed E-state index contributed by atoms with van der Waals surface area (Å²) in [6, 6.07) is 17.2. The molecule has 2 aromatic carbocycles. The molecule has 144 valence electrons. The van der Waals surface area contributed by atoms with Gasteiger partial charge in [0.25, 0.3) is 5.91 Å². The molecule has 5 heteroatoms. The maximum Gasteiger partial charge on any atom is 0.254 e. The van der Waals surface area contributed by atoms with E-state index in [0.29, 0.717) is 18.5 Å². The Bertz CT molecular complexity index is 990. The maximum absolute atomic E-state index is 13.0. The maximum atomic E-state index is 13.0. The van der Waals surface area contributed by atoms with Crippen LogP contribution in [0.25, 0.3) is 11.0 Å². The lowest BCUT2D eigenvalue weighted by Gasteiger charge is -2.24. The van der Waals surface area contributed by atoms with Crippen LogP contribution in [-0.2, 0) is 11.3 Å². The predicted octanol–water partition coefficient (Wildman–Crippen LogP) is 4.39. The Balaban J connectivity index is 1.51. The molecule has 2 heterocycles. The van der Waals surface area contributed by atoms with Crippen LogP contribution in [0, 0.1) is 0 Å². The van der Waals surface area contributed by atoms with Crippen LogP contribution in [-0.4, -0.2) is 35.2 Å². The van der Waals surface area contributed by atoms with E-state index in [2.05, 4.69) is 0 Å². The highest BCUT2D eigenvalue weighted by molar-refractivity contribution is 5.94. The van der Waals surface area contributed by atoms with E-state index in [1.165, 1.54) is 0 Å². The predicted molar refractivity (Wildman–Crippen MR) is 108 cm³/mol. The summed E-state index contributed by atoms with van der Waals surface area (Å²) in [6.45, 7) is 3.31. The molecule has 1 unspecified atom stereocenters. The zero-order valence-electron chi connectivity index (χ0n) is 16.2. The van der Waals surface area contributed by atoms with E-state index in [1.54, 1.807) is 11.9 Å². The molecule has 1 aliphatic rings. The Morgan fingerprint density at radius 2 is 2.00 bits per heavy atom. The average Bonchev–Trinajstić information content (AvgIpc) is 3.32. The van der Waals surface area contributed by atoms with Gasteiger partial charge in [-0.05, 0) is 43.2 Å². The molecule has 1 atom stereocenters. The van der Waals surface area contributed by atoms with Crippen LogP contribution < -0.4 is 0 Å². The van der Waals surface area contributed by atoms with Gasteiger partial charge in [-0.15, -0.1) is 0 Å². The number of fused-ring (bicyclic) bond motifs is 1. The summed E-state index contributed by atoms with van der Waals surface area (Å²) in [5.74, 6) is 0.880. The Hall–Kier alpha value is -3.08. The van der Waals surface area contributed by atoms with Crippen LogP contribution >= 0.6 is 0 Å². The molecule has 0 N–H and O–H groups in total. The molecule has 1 saturated heterocycles. The Morgan fingerprint density at radius 1 is 1.18 bits per heavy atom. The van der Waals surface area contributed by atoms with Gasteiger partial charge in [-0.1, -0.05) is 30.3 Å². The van der Waals surface area contributed by atoms with Gasteiger partial charge < -0.3 is 14.2 Å². The molecule has 1 aromatic heterocycles. The first-order valence-corrected chi connectivity index (χ1v) is 9.65. The van der Waals surface area contributed by atoms with E-state index in [-0.39, 0.29) is 17.9 Å². The van der Waals surface area contributed by atoms with Crippen molar-refractivity contribution in [2.45, 2.75) is 32.4 Å². The zero-order valence-corrected chi connectivity index (χ0v) is 16.2. The van der Waals surface area contributed by atoms with Crippen molar-refractivity contribution in [3.8, 4) is 0 Å². The van der Waals surface area contributed by atoms with E-state index in [9.17, 15) is 9.59 Å². The van der Waals surface area contributed by atoms with Crippen molar-refractivity contribution in [1.82, 2.24) is 9.80 Å². The quantitative estimate of drug-likeness (QED) is 0.664. The number of hydrogen-bond donors (Lipinski definition) is 0. The Labute approximate surface area is 164 Å². The third-order valence-corrected chi connectivity index (χ3v) is 5.48. The second kappa shape index (κ2) is 7.50. The fraction of sp³-hybridized carbons (Fsp3) is 0.304. The highest BCUT2D eigenvalue weighted by Crippen LogP contribution is 2.27. The number of para-hydroxylation sites is 1. The summed E-state index contributed by atoms with van der Waals surface area (Å²) in [4.78, 5) is 28.4. The number of carbonyl (C=O) groups is 2. The molecule has 0 aliphatic carbocycles. The number of rotatable bonds is 5. The van der Waals surface area contributed by atoms with Crippen molar-refractivity contribution in [2.75, 3.05) is 13.6 Å². The summed E-state index contributed by atoms with van der Waals surface area (Å²) in [6.07, 6.45) is 1.53. The first kappa shape index (κ1) is 18.3. The second-order valence-corrected chi connectivity index (χ2v) is 7.40. The van der Waals surface area contributed by atoms with Crippen LogP contribution in [0.4, 0.5) is 0 Å². The lowest BCUT2D eigenvalue weighted by atomic mass is 10.1. The second-order valence-electron chi connectivity index (χ2n) is 7.40. The fourth-order valence-electron chi connectivity index (χ4n) is 3.67. The highest BCUT2D eigenvalue weighted by atomic mass is 16.3. The minimum atomic E-state index is -0.191. The molecule has 0 bridgehead atoms. The first-order valence-electron chi connectivity index (χ1n) is 9.65. The highest BCUT2D eigenvalue weighted by Gasteiger charge is 2.23. The summed E-state index contributed by atoms with van der Waals surface area (Å²) >= 11 is 0. The third-order valence-electron chi connectivity index (χ3n) is 5.48. The minimum Gasteiger partial charge on any atom is -0.459 e. The molecule has 0 spiro atoms. The topological polar surface area (TPSA) is 53.8 Å². The van der Waals surface area contributed by atoms with Crippen molar-refractivity contribution in [3.05, 3.63) is 71.5 Å². The summed E-state index contributed by atoms with van der Waals surface area (Å²) < 4.78 is 5.92. The van der Waals surface area contributed by atoms with Gasteiger partial charge in [0.15, 0.2) is 0 Å². The van der Waals surface area contributed by atoms with Gasteiger partial charge in [-0.25, -0.2) is 0 Å². The summed E-state index contributed by atoms with van der Waals surface area (Å²) in [5, 5.41) is 1.03. The third kappa shape index (κ3) is 3.52. The number of amides is 2. The van der Waals surface area contributed by atoms with Crippen LogP contribution in [0.3, 0.4) is 0 Å². The number of furan rings is 1. The summed E-state index contributed by atoms with van der Waals surface area (Å²) in [5.41, 5.74) is 2.42. The Morgan fingerprint density at radius 3 is 2.75 bits per heavy atom. The summed E-state index contributed by atoms with van der Waals surface area (Å²) in [7, 11) is 1.79. The van der Waals surface area contributed by atoms with Gasteiger partial charge in [0.2, 0.25) is 5.91 Å². The first-order chi connectivity index (χ1) is 13.5. The van der Waals surface area contributed by atoms with Gasteiger partial charge in [0, 0.05) is 37.5 Å². The van der Waals surface area contributed by atoms with E-state index < -0.39 is 0 Å². The molecular weight excluding hydrogens is 352 g/mol. The molecule has 3 aromatic rings. The molecule has 0 radical (unpaired) electrons. The number of hydrogen-bond acceptors (Lipinski definition) is 3. The number of carbonyl (C=O) groups excluding carboxylic acids is 2. The van der Waals surface area contributed by atoms with Crippen LogP contribution in [0.15, 0.2) is 59.0 Å². The fourth-order valence-corrected chi connectivity index (χ4v) is 3.67. The molecule has 2 amide bonds. The average molecular weight is 376 g/mol. The molecule has 0 saturated carbocycles. The van der Waals surface area contributed by atoms with Crippen LogP contribution in [0.5, 0.6) is 0 Å². The molecule has 28 heavy (non-hydrogen) atoms.